The molecule has 0 spiro atoms. The van der Waals surface area contributed by atoms with E-state index in [-0.39, 0.29) is 12.5 Å². The van der Waals surface area contributed by atoms with E-state index in [1.807, 2.05) is 17.0 Å². The molecule has 6 heteroatoms. The molecule has 1 aromatic rings. The molecule has 3 aliphatic heterocycles. The van der Waals surface area contributed by atoms with Gasteiger partial charge in [-0.1, -0.05) is 18.2 Å². The monoisotopic (exact) mass is 414 g/mol. The average Bonchev–Trinajstić information content (AvgIpc) is 3.29. The molecule has 1 atom stereocenters. The fourth-order valence-electron chi connectivity index (χ4n) is 5.27. The van der Waals surface area contributed by atoms with Crippen LogP contribution in [0.15, 0.2) is 24.3 Å². The van der Waals surface area contributed by atoms with E-state index >= 15 is 0 Å². The SMILES string of the molecule is CC1CN(Cc2ccccc2OCC(=O)N2CCCC2)CCN1C1CCN(C)CC1. The molecule has 3 heterocycles. The molecule has 0 N–H and O–H groups in total. The molecule has 30 heavy (non-hydrogen) atoms. The summed E-state index contributed by atoms with van der Waals surface area (Å²) in [6.45, 7) is 10.9. The molecular weight excluding hydrogens is 376 g/mol. The van der Waals surface area contributed by atoms with Crippen molar-refractivity contribution >= 4 is 5.91 Å². The Bertz CT molecular complexity index is 698. The maximum absolute atomic E-state index is 12.4. The molecule has 3 saturated heterocycles. The first-order chi connectivity index (χ1) is 14.6. The standard InChI is InChI=1S/C24H38N4O2/c1-20-17-26(15-16-28(20)22-9-13-25(2)14-10-22)18-21-7-3-4-8-23(21)30-19-24(29)27-11-5-6-12-27/h3-4,7-8,20,22H,5-6,9-19H2,1-2H3. The maximum Gasteiger partial charge on any atom is 0.260 e. The zero-order valence-electron chi connectivity index (χ0n) is 18.8. The van der Waals surface area contributed by atoms with Gasteiger partial charge in [-0.05, 0) is 58.8 Å². The number of nitrogens with zero attached hydrogens (tertiary/aromatic N) is 4. The minimum absolute atomic E-state index is 0.114. The quantitative estimate of drug-likeness (QED) is 0.714. The number of hydrogen-bond acceptors (Lipinski definition) is 5. The number of piperazine rings is 1. The normalized spacial score (nSPS) is 25.0. The van der Waals surface area contributed by atoms with Crippen molar-refractivity contribution in [1.29, 1.82) is 0 Å². The third-order valence-corrected chi connectivity index (χ3v) is 7.10. The average molecular weight is 415 g/mol. The predicted molar refractivity (Wildman–Crippen MR) is 120 cm³/mol. The Hall–Kier alpha value is -1.63. The molecule has 1 amide bonds. The minimum atomic E-state index is 0.114. The molecule has 0 saturated carbocycles. The van der Waals surface area contributed by atoms with Crippen LogP contribution in [0.1, 0.15) is 38.2 Å². The van der Waals surface area contributed by atoms with E-state index < -0.39 is 0 Å². The molecule has 0 aliphatic carbocycles. The van der Waals surface area contributed by atoms with Crippen LogP contribution in [0, 0.1) is 0 Å². The fourth-order valence-corrected chi connectivity index (χ4v) is 5.27. The number of benzene rings is 1. The zero-order chi connectivity index (χ0) is 20.9. The van der Waals surface area contributed by atoms with Gasteiger partial charge in [0.2, 0.25) is 0 Å². The minimum Gasteiger partial charge on any atom is -0.483 e. The van der Waals surface area contributed by atoms with Gasteiger partial charge in [-0.25, -0.2) is 0 Å². The van der Waals surface area contributed by atoms with Crippen LogP contribution in [0.5, 0.6) is 5.75 Å². The Labute approximate surface area is 181 Å². The van der Waals surface area contributed by atoms with Gasteiger partial charge in [0.05, 0.1) is 0 Å². The number of hydrogen-bond donors (Lipinski definition) is 0. The smallest absolute Gasteiger partial charge is 0.260 e. The first-order valence-electron chi connectivity index (χ1n) is 11.8. The van der Waals surface area contributed by atoms with Crippen molar-refractivity contribution in [3.63, 3.8) is 0 Å². The summed E-state index contributed by atoms with van der Waals surface area (Å²) in [5.74, 6) is 0.970. The molecule has 3 fully saturated rings. The van der Waals surface area contributed by atoms with Gasteiger partial charge >= 0.3 is 0 Å². The highest BCUT2D eigenvalue weighted by Crippen LogP contribution is 2.25. The number of piperidine rings is 1. The van der Waals surface area contributed by atoms with Crippen molar-refractivity contribution in [2.24, 2.45) is 0 Å². The van der Waals surface area contributed by atoms with Crippen molar-refractivity contribution in [1.82, 2.24) is 19.6 Å². The van der Waals surface area contributed by atoms with E-state index in [0.29, 0.717) is 6.04 Å². The van der Waals surface area contributed by atoms with Crippen LogP contribution >= 0.6 is 0 Å². The second-order valence-corrected chi connectivity index (χ2v) is 9.34. The Morgan fingerprint density at radius 2 is 1.77 bits per heavy atom. The Kier molecular flexibility index (Phi) is 7.28. The number of para-hydroxylation sites is 1. The van der Waals surface area contributed by atoms with Gasteiger partial charge in [-0.3, -0.25) is 14.6 Å². The molecule has 0 aromatic heterocycles. The van der Waals surface area contributed by atoms with Crippen molar-refractivity contribution in [2.75, 3.05) is 59.5 Å². The highest BCUT2D eigenvalue weighted by molar-refractivity contribution is 5.78. The van der Waals surface area contributed by atoms with Gasteiger partial charge in [0.25, 0.3) is 5.91 Å². The highest BCUT2D eigenvalue weighted by atomic mass is 16.5. The van der Waals surface area contributed by atoms with Crippen LogP contribution in [0.2, 0.25) is 0 Å². The second-order valence-electron chi connectivity index (χ2n) is 9.34. The highest BCUT2D eigenvalue weighted by Gasteiger charge is 2.31. The van der Waals surface area contributed by atoms with Crippen LogP contribution in [0.3, 0.4) is 0 Å². The van der Waals surface area contributed by atoms with E-state index in [9.17, 15) is 4.79 Å². The van der Waals surface area contributed by atoms with Crippen molar-refractivity contribution in [3.8, 4) is 5.75 Å². The second kappa shape index (κ2) is 10.1. The van der Waals surface area contributed by atoms with Crippen LogP contribution in [0.25, 0.3) is 0 Å². The predicted octanol–water partition coefficient (Wildman–Crippen LogP) is 2.29. The number of rotatable bonds is 6. The van der Waals surface area contributed by atoms with E-state index in [1.165, 1.54) is 31.5 Å². The number of ether oxygens (including phenoxy) is 1. The van der Waals surface area contributed by atoms with Gasteiger partial charge in [0.15, 0.2) is 6.61 Å². The molecule has 3 aliphatic rings. The lowest BCUT2D eigenvalue weighted by Gasteiger charge is -2.46. The topological polar surface area (TPSA) is 39.3 Å². The Morgan fingerprint density at radius 1 is 1.03 bits per heavy atom. The first-order valence-corrected chi connectivity index (χ1v) is 11.8. The summed E-state index contributed by atoms with van der Waals surface area (Å²) in [5.41, 5.74) is 1.19. The van der Waals surface area contributed by atoms with Crippen LogP contribution in [-0.4, -0.2) is 97.1 Å². The third kappa shape index (κ3) is 5.34. The lowest BCUT2D eigenvalue weighted by atomic mass is 10.00. The summed E-state index contributed by atoms with van der Waals surface area (Å²) >= 11 is 0. The van der Waals surface area contributed by atoms with Gasteiger partial charge in [0.1, 0.15) is 5.75 Å². The van der Waals surface area contributed by atoms with Gasteiger partial charge < -0.3 is 14.5 Å². The van der Waals surface area contributed by atoms with Gasteiger partial charge in [-0.15, -0.1) is 0 Å². The molecule has 0 radical (unpaired) electrons. The molecular formula is C24H38N4O2. The Balaban J connectivity index is 1.30. The number of likely N-dealkylation sites (tertiary alicyclic amines) is 2. The number of carbonyl (C=O) groups is 1. The van der Waals surface area contributed by atoms with E-state index in [1.54, 1.807) is 0 Å². The van der Waals surface area contributed by atoms with Gasteiger partial charge in [-0.2, -0.15) is 0 Å². The molecule has 4 rings (SSSR count). The summed E-state index contributed by atoms with van der Waals surface area (Å²) in [6, 6.07) is 9.54. The lowest BCUT2D eigenvalue weighted by molar-refractivity contribution is -0.132. The third-order valence-electron chi connectivity index (χ3n) is 7.10. The molecule has 6 nitrogen and oxygen atoms in total. The van der Waals surface area contributed by atoms with Gasteiger partial charge in [0, 0.05) is 56.9 Å². The number of amides is 1. The zero-order valence-corrected chi connectivity index (χ0v) is 18.8. The molecule has 1 unspecified atom stereocenters. The molecule has 1 aromatic carbocycles. The van der Waals surface area contributed by atoms with E-state index in [2.05, 4.69) is 40.8 Å². The Morgan fingerprint density at radius 3 is 2.50 bits per heavy atom. The first kappa shape index (κ1) is 21.6. The molecule has 0 bridgehead atoms. The van der Waals surface area contributed by atoms with E-state index in [0.717, 1.165) is 63.9 Å². The number of carbonyl (C=O) groups excluding carboxylic acids is 1. The lowest BCUT2D eigenvalue weighted by Crippen LogP contribution is -2.57. The summed E-state index contributed by atoms with van der Waals surface area (Å²) < 4.78 is 5.97. The fraction of sp³-hybridized carbons (Fsp3) is 0.708. The summed E-state index contributed by atoms with van der Waals surface area (Å²) in [6.07, 6.45) is 4.82. The van der Waals surface area contributed by atoms with Crippen LogP contribution in [0.4, 0.5) is 0 Å². The van der Waals surface area contributed by atoms with E-state index in [4.69, 9.17) is 4.74 Å². The van der Waals surface area contributed by atoms with Crippen molar-refractivity contribution < 1.29 is 9.53 Å². The summed E-state index contributed by atoms with van der Waals surface area (Å²) in [7, 11) is 2.23. The van der Waals surface area contributed by atoms with Crippen LogP contribution < -0.4 is 4.74 Å². The molecule has 166 valence electrons. The van der Waals surface area contributed by atoms with Crippen LogP contribution in [-0.2, 0) is 11.3 Å². The largest absolute Gasteiger partial charge is 0.483 e. The van der Waals surface area contributed by atoms with Crippen molar-refractivity contribution in [2.45, 2.75) is 51.2 Å². The summed E-state index contributed by atoms with van der Waals surface area (Å²) in [5, 5.41) is 0. The maximum atomic E-state index is 12.4. The van der Waals surface area contributed by atoms with Crippen molar-refractivity contribution in [3.05, 3.63) is 29.8 Å². The summed E-state index contributed by atoms with van der Waals surface area (Å²) in [4.78, 5) is 22.0.